The highest BCUT2D eigenvalue weighted by Gasteiger charge is 2.11. The van der Waals surface area contributed by atoms with Gasteiger partial charge in [0.2, 0.25) is 0 Å². The summed E-state index contributed by atoms with van der Waals surface area (Å²) in [6, 6.07) is 0. The van der Waals surface area contributed by atoms with Crippen molar-refractivity contribution in [1.82, 2.24) is 0 Å². The molecule has 1 atom stereocenters. The minimum Gasteiger partial charge on any atom is -0.481 e. The maximum absolute atomic E-state index is 12.3. The van der Waals surface area contributed by atoms with Gasteiger partial charge >= 0.3 is 11.9 Å². The third-order valence-electron chi connectivity index (χ3n) is 5.97. The van der Waals surface area contributed by atoms with E-state index in [1.54, 1.807) is 0 Å². The van der Waals surface area contributed by atoms with Crippen LogP contribution in [0.5, 0.6) is 0 Å². The first-order valence-electron chi connectivity index (χ1n) is 13.7. The van der Waals surface area contributed by atoms with Crippen LogP contribution in [-0.2, 0) is 14.3 Å². The molecule has 1 unspecified atom stereocenters. The largest absolute Gasteiger partial charge is 0.481 e. The number of unbranched alkanes of at least 4 members (excludes halogenated alkanes) is 15. The summed E-state index contributed by atoms with van der Waals surface area (Å²) in [5.41, 5.74) is 0. The molecule has 0 saturated heterocycles. The molecule has 4 heteroatoms. The molecule has 0 rings (SSSR count). The van der Waals surface area contributed by atoms with Gasteiger partial charge in [-0.3, -0.25) is 9.59 Å². The number of esters is 1. The number of carbonyl (C=O) groups excluding carboxylic acids is 1. The lowest BCUT2D eigenvalue weighted by Crippen LogP contribution is -2.16. The van der Waals surface area contributed by atoms with Crippen molar-refractivity contribution in [2.45, 2.75) is 155 Å². The molecule has 32 heavy (non-hydrogen) atoms. The van der Waals surface area contributed by atoms with Crippen LogP contribution in [0.3, 0.4) is 0 Å². The highest BCUT2D eigenvalue weighted by Crippen LogP contribution is 2.15. The van der Waals surface area contributed by atoms with E-state index in [9.17, 15) is 9.59 Å². The number of hydrogen-bond donors (Lipinski definition) is 1. The predicted molar refractivity (Wildman–Crippen MR) is 135 cm³/mol. The summed E-state index contributed by atoms with van der Waals surface area (Å²) >= 11 is 0. The highest BCUT2D eigenvalue weighted by atomic mass is 16.5. The highest BCUT2D eigenvalue weighted by molar-refractivity contribution is 5.69. The normalized spacial score (nSPS) is 12.3. The van der Waals surface area contributed by atoms with Gasteiger partial charge in [0.1, 0.15) is 6.10 Å². The fourth-order valence-corrected chi connectivity index (χ4v) is 3.91. The second kappa shape index (κ2) is 24.3. The third kappa shape index (κ3) is 23.3. The second-order valence-corrected chi connectivity index (χ2v) is 9.23. The van der Waals surface area contributed by atoms with Crippen molar-refractivity contribution in [3.63, 3.8) is 0 Å². The number of carboxylic acids is 1. The molecule has 0 saturated carbocycles. The minimum absolute atomic E-state index is 0.0723. The van der Waals surface area contributed by atoms with Gasteiger partial charge in [-0.15, -0.1) is 0 Å². The molecule has 0 aromatic rings. The summed E-state index contributed by atoms with van der Waals surface area (Å²) in [6.45, 7) is 4.46. The number of ether oxygens (including phenoxy) is 1. The van der Waals surface area contributed by atoms with Crippen LogP contribution < -0.4 is 0 Å². The first kappa shape index (κ1) is 30.7. The molecule has 0 aliphatic carbocycles. The maximum atomic E-state index is 12.3. The fraction of sp³-hybridized carbons (Fsp3) is 0.857. The van der Waals surface area contributed by atoms with Crippen LogP contribution in [0.2, 0.25) is 0 Å². The molecule has 0 aromatic carbocycles. The van der Waals surface area contributed by atoms with Crippen LogP contribution >= 0.6 is 0 Å². The van der Waals surface area contributed by atoms with Crippen LogP contribution in [0.1, 0.15) is 149 Å². The van der Waals surface area contributed by atoms with E-state index in [2.05, 4.69) is 26.0 Å². The standard InChI is InChI=1S/C28H52O4/c1-3-5-7-9-11-12-13-14-18-22-26(23-19-16-17-20-24-27(29)30)32-28(31)25-21-15-10-8-6-4-2/h18,22,26H,3-17,19-21,23-25H2,1-2H3,(H,29,30)/b22-18-. The van der Waals surface area contributed by atoms with E-state index in [1.165, 1.54) is 70.6 Å². The van der Waals surface area contributed by atoms with E-state index in [1.807, 2.05) is 0 Å². The van der Waals surface area contributed by atoms with E-state index < -0.39 is 5.97 Å². The molecule has 188 valence electrons. The summed E-state index contributed by atoms with van der Waals surface area (Å²) in [7, 11) is 0. The molecular weight excluding hydrogens is 400 g/mol. The molecule has 0 bridgehead atoms. The molecule has 0 spiro atoms. The molecule has 0 aromatic heterocycles. The second-order valence-electron chi connectivity index (χ2n) is 9.23. The number of hydrogen-bond acceptors (Lipinski definition) is 3. The predicted octanol–water partition coefficient (Wildman–Crippen LogP) is 8.77. The Morgan fingerprint density at radius 2 is 1.19 bits per heavy atom. The van der Waals surface area contributed by atoms with Crippen LogP contribution in [0.4, 0.5) is 0 Å². The van der Waals surface area contributed by atoms with E-state index in [0.29, 0.717) is 6.42 Å². The average molecular weight is 453 g/mol. The lowest BCUT2D eigenvalue weighted by Gasteiger charge is -2.15. The zero-order valence-electron chi connectivity index (χ0n) is 21.3. The smallest absolute Gasteiger partial charge is 0.306 e. The van der Waals surface area contributed by atoms with E-state index in [-0.39, 0.29) is 18.5 Å². The van der Waals surface area contributed by atoms with Crippen molar-refractivity contribution >= 4 is 11.9 Å². The Balaban J connectivity index is 4.17. The van der Waals surface area contributed by atoms with Gasteiger partial charge in [0.25, 0.3) is 0 Å². The minimum atomic E-state index is -0.722. The lowest BCUT2D eigenvalue weighted by atomic mass is 10.1. The van der Waals surface area contributed by atoms with Gasteiger partial charge in [-0.25, -0.2) is 0 Å². The SMILES string of the molecule is CCCCCCCCC/C=C\C(CCCCCCC(=O)O)OC(=O)CCCCCCCC. The summed E-state index contributed by atoms with van der Waals surface area (Å²) in [5, 5.41) is 8.73. The molecular formula is C28H52O4. The summed E-state index contributed by atoms with van der Waals surface area (Å²) < 4.78 is 5.78. The molecule has 0 aliphatic rings. The number of carbonyl (C=O) groups is 2. The Bertz CT molecular complexity index is 458. The van der Waals surface area contributed by atoms with Gasteiger partial charge in [0.05, 0.1) is 0 Å². The number of rotatable bonds is 24. The van der Waals surface area contributed by atoms with Crippen LogP contribution in [0, 0.1) is 0 Å². The van der Waals surface area contributed by atoms with E-state index >= 15 is 0 Å². The molecule has 0 heterocycles. The number of aliphatic carboxylic acids is 1. The fourth-order valence-electron chi connectivity index (χ4n) is 3.91. The molecule has 4 nitrogen and oxygen atoms in total. The molecule has 1 N–H and O–H groups in total. The summed E-state index contributed by atoms with van der Waals surface area (Å²) in [5.74, 6) is -0.795. The van der Waals surface area contributed by atoms with Gasteiger partial charge in [0, 0.05) is 12.8 Å². The van der Waals surface area contributed by atoms with Gasteiger partial charge < -0.3 is 9.84 Å². The van der Waals surface area contributed by atoms with Gasteiger partial charge in [-0.1, -0.05) is 103 Å². The monoisotopic (exact) mass is 452 g/mol. The first-order valence-corrected chi connectivity index (χ1v) is 13.7. The van der Waals surface area contributed by atoms with Crippen molar-refractivity contribution in [2.24, 2.45) is 0 Å². The van der Waals surface area contributed by atoms with Crippen molar-refractivity contribution in [3.05, 3.63) is 12.2 Å². The Kier molecular flexibility index (Phi) is 23.3. The Hall–Kier alpha value is -1.32. The molecule has 0 amide bonds. The van der Waals surface area contributed by atoms with Crippen molar-refractivity contribution in [3.8, 4) is 0 Å². The van der Waals surface area contributed by atoms with Crippen LogP contribution in [-0.4, -0.2) is 23.1 Å². The third-order valence-corrected chi connectivity index (χ3v) is 5.97. The number of carboxylic acid groups (broad SMARTS) is 1. The van der Waals surface area contributed by atoms with Crippen LogP contribution in [0.15, 0.2) is 12.2 Å². The number of allylic oxidation sites excluding steroid dienone is 1. The van der Waals surface area contributed by atoms with Gasteiger partial charge in [-0.2, -0.15) is 0 Å². The van der Waals surface area contributed by atoms with Crippen molar-refractivity contribution < 1.29 is 19.4 Å². The lowest BCUT2D eigenvalue weighted by molar-refractivity contribution is -0.147. The van der Waals surface area contributed by atoms with Crippen molar-refractivity contribution in [1.29, 1.82) is 0 Å². The summed E-state index contributed by atoms with van der Waals surface area (Å²) in [6.07, 6.45) is 26.6. The zero-order chi connectivity index (χ0) is 23.7. The Labute approximate surface area is 198 Å². The maximum Gasteiger partial charge on any atom is 0.306 e. The van der Waals surface area contributed by atoms with E-state index in [0.717, 1.165) is 51.4 Å². The van der Waals surface area contributed by atoms with E-state index in [4.69, 9.17) is 9.84 Å². The Morgan fingerprint density at radius 3 is 1.78 bits per heavy atom. The molecule has 0 radical (unpaired) electrons. The van der Waals surface area contributed by atoms with Gasteiger partial charge in [-0.05, 0) is 44.6 Å². The molecule has 0 fully saturated rings. The Morgan fingerprint density at radius 1 is 0.688 bits per heavy atom. The van der Waals surface area contributed by atoms with Crippen LogP contribution in [0.25, 0.3) is 0 Å². The first-order chi connectivity index (χ1) is 15.6. The zero-order valence-corrected chi connectivity index (χ0v) is 21.3. The summed E-state index contributed by atoms with van der Waals surface area (Å²) in [4.78, 5) is 22.9. The molecule has 0 aliphatic heterocycles. The van der Waals surface area contributed by atoms with Gasteiger partial charge in [0.15, 0.2) is 0 Å². The average Bonchev–Trinajstić information content (AvgIpc) is 2.76. The quantitative estimate of drug-likeness (QED) is 0.0902. The van der Waals surface area contributed by atoms with Crippen molar-refractivity contribution in [2.75, 3.05) is 0 Å². The topological polar surface area (TPSA) is 63.6 Å².